The summed E-state index contributed by atoms with van der Waals surface area (Å²) < 4.78 is 16.8. The first-order valence-corrected chi connectivity index (χ1v) is 3.56. The van der Waals surface area contributed by atoms with Gasteiger partial charge in [0.15, 0.2) is 0 Å². The molecule has 0 rings (SSSR count). The first-order chi connectivity index (χ1) is 2.41. The average Bonchev–Trinajstić information content (AvgIpc) is 1.46. The van der Waals surface area contributed by atoms with Crippen molar-refractivity contribution in [1.82, 2.24) is 0 Å². The van der Waals surface area contributed by atoms with E-state index in [1.807, 2.05) is 0 Å². The summed E-state index contributed by atoms with van der Waals surface area (Å²) in [5, 5.41) is 0. The molecular formula is ClO2SiTi. The fourth-order valence-electron chi connectivity index (χ4n) is 0. The van der Waals surface area contributed by atoms with Crippen molar-refractivity contribution in [1.29, 1.82) is 0 Å². The molecule has 0 unspecified atom stereocenters. The molecular weight excluding hydrogens is 143 g/mol. The molecule has 0 aromatic heterocycles. The SMILES string of the molecule is O=[Si]=O.[Cl][Ti]. The molecule has 27 valence electrons. The zero-order chi connectivity index (χ0) is 4.71. The van der Waals surface area contributed by atoms with Crippen LogP contribution in [0.2, 0.25) is 0 Å². The summed E-state index contributed by atoms with van der Waals surface area (Å²) in [6.45, 7) is 0. The monoisotopic (exact) mass is 143 g/mol. The Bertz CT molecular complexity index is 30.6. The van der Waals surface area contributed by atoms with E-state index in [-0.39, 0.29) is 0 Å². The normalized spacial score (nSPS) is 2.40. The van der Waals surface area contributed by atoms with Gasteiger partial charge in [-0.05, 0) is 0 Å². The van der Waals surface area contributed by atoms with Crippen LogP contribution in [0.4, 0.5) is 0 Å². The molecule has 0 N–H and O–H groups in total. The summed E-state index contributed by atoms with van der Waals surface area (Å²) in [7, 11) is 3.22. The molecule has 5 heavy (non-hydrogen) atoms. The summed E-state index contributed by atoms with van der Waals surface area (Å²) in [5.74, 6) is 0. The predicted molar refractivity (Wildman–Crippen MR) is 13.0 cm³/mol. The first-order valence-electron chi connectivity index (χ1n) is 0.597. The van der Waals surface area contributed by atoms with Crippen molar-refractivity contribution in [2.45, 2.75) is 0 Å². The molecule has 0 aromatic carbocycles. The molecule has 0 saturated heterocycles. The molecule has 0 aliphatic heterocycles. The summed E-state index contributed by atoms with van der Waals surface area (Å²) in [5.41, 5.74) is 0. The average molecular weight is 143 g/mol. The number of rotatable bonds is 0. The van der Waals surface area contributed by atoms with E-state index in [1.165, 1.54) is 19.4 Å². The van der Waals surface area contributed by atoms with Crippen molar-refractivity contribution in [2.75, 3.05) is 0 Å². The fraction of sp³-hybridized carbons (Fsp3) is 0. The third-order valence-corrected chi connectivity index (χ3v) is 0. The van der Waals surface area contributed by atoms with E-state index in [0.717, 1.165) is 0 Å². The van der Waals surface area contributed by atoms with Crippen LogP contribution >= 0.6 is 9.30 Å². The van der Waals surface area contributed by atoms with E-state index in [4.69, 9.17) is 8.92 Å². The molecule has 0 aromatic rings. The second kappa shape index (κ2) is 21.2. The van der Waals surface area contributed by atoms with E-state index >= 15 is 0 Å². The van der Waals surface area contributed by atoms with Crippen molar-refractivity contribution in [3.05, 3.63) is 0 Å². The van der Waals surface area contributed by atoms with Crippen LogP contribution in [0.3, 0.4) is 0 Å². The van der Waals surface area contributed by atoms with Crippen LogP contribution in [0, 0.1) is 0 Å². The molecule has 0 heterocycles. The standard InChI is InChI=1S/ClH.O2Si.Ti/c;1-3-2;/h1H;;/q;;+1/p-1. The van der Waals surface area contributed by atoms with Gasteiger partial charge in [0.2, 0.25) is 0 Å². The Kier molecular flexibility index (Phi) is 39.3. The maximum atomic E-state index is 8.40. The van der Waals surface area contributed by atoms with E-state index in [1.54, 1.807) is 0 Å². The van der Waals surface area contributed by atoms with Gasteiger partial charge in [0, 0.05) is 0 Å². The van der Waals surface area contributed by atoms with E-state index < -0.39 is 9.29 Å². The Morgan fingerprint density at radius 1 is 1.40 bits per heavy atom. The first kappa shape index (κ1) is 9.27. The van der Waals surface area contributed by atoms with Gasteiger partial charge >= 0.3 is 38.0 Å². The predicted octanol–water partition coefficient (Wildman–Crippen LogP) is 0.0686. The molecule has 0 fully saturated rings. The van der Waals surface area contributed by atoms with Crippen LogP contribution < -0.4 is 0 Å². The molecule has 5 heteroatoms. The van der Waals surface area contributed by atoms with Gasteiger partial charge in [0.25, 0.3) is 0 Å². The van der Waals surface area contributed by atoms with E-state index in [0.29, 0.717) is 0 Å². The van der Waals surface area contributed by atoms with Gasteiger partial charge in [-0.3, -0.25) is 8.92 Å². The Labute approximate surface area is 47.1 Å². The maximum absolute atomic E-state index is 8.40. The van der Waals surface area contributed by atoms with Crippen LogP contribution in [0.5, 0.6) is 0 Å². The van der Waals surface area contributed by atoms with Gasteiger partial charge < -0.3 is 0 Å². The molecule has 0 aliphatic rings. The molecule has 0 amide bonds. The van der Waals surface area contributed by atoms with Crippen LogP contribution in [0.15, 0.2) is 0 Å². The van der Waals surface area contributed by atoms with Crippen molar-refractivity contribution in [2.24, 2.45) is 0 Å². The molecule has 0 saturated carbocycles. The summed E-state index contributed by atoms with van der Waals surface area (Å²) in [6, 6.07) is 0. The van der Waals surface area contributed by atoms with Gasteiger partial charge in [-0.1, -0.05) is 0 Å². The van der Waals surface area contributed by atoms with Crippen molar-refractivity contribution >= 4 is 18.6 Å². The van der Waals surface area contributed by atoms with Gasteiger partial charge in [-0.25, -0.2) is 0 Å². The van der Waals surface area contributed by atoms with Crippen molar-refractivity contribution < 1.29 is 28.3 Å². The Morgan fingerprint density at radius 3 is 1.40 bits per heavy atom. The van der Waals surface area contributed by atoms with Crippen molar-refractivity contribution in [3.8, 4) is 0 Å². The zero-order valence-electron chi connectivity index (χ0n) is 2.19. The zero-order valence-corrected chi connectivity index (χ0v) is 5.51. The summed E-state index contributed by atoms with van der Waals surface area (Å²) in [4.78, 5) is 0. The molecule has 0 atom stereocenters. The second-order valence-corrected chi connectivity index (χ2v) is 0.250. The van der Waals surface area contributed by atoms with Crippen molar-refractivity contribution in [3.63, 3.8) is 0 Å². The van der Waals surface area contributed by atoms with Gasteiger partial charge in [0.05, 0.1) is 0 Å². The molecule has 0 aliphatic carbocycles. The van der Waals surface area contributed by atoms with Crippen LogP contribution in [0.1, 0.15) is 0 Å². The number of hydrogen-bond donors (Lipinski definition) is 0. The molecule has 0 radical (unpaired) electrons. The van der Waals surface area contributed by atoms with Crippen LogP contribution in [-0.4, -0.2) is 9.29 Å². The minimum atomic E-state index is -1.42. The van der Waals surface area contributed by atoms with Gasteiger partial charge in [-0.2, -0.15) is 0 Å². The summed E-state index contributed by atoms with van der Waals surface area (Å²) >= 11 is 1.47. The Morgan fingerprint density at radius 2 is 1.40 bits per heavy atom. The van der Waals surface area contributed by atoms with E-state index in [9.17, 15) is 0 Å². The van der Waals surface area contributed by atoms with E-state index in [2.05, 4.69) is 9.30 Å². The summed E-state index contributed by atoms with van der Waals surface area (Å²) in [6.07, 6.45) is 0. The minimum absolute atomic E-state index is 1.42. The topological polar surface area (TPSA) is 34.1 Å². The van der Waals surface area contributed by atoms with Crippen LogP contribution in [0.25, 0.3) is 0 Å². The molecule has 0 bridgehead atoms. The van der Waals surface area contributed by atoms with Crippen LogP contribution in [-0.2, 0) is 28.3 Å². The van der Waals surface area contributed by atoms with Gasteiger partial charge in [-0.15, -0.1) is 0 Å². The molecule has 2 nitrogen and oxygen atoms in total. The van der Waals surface area contributed by atoms with Gasteiger partial charge in [0.1, 0.15) is 0 Å². The Hall–Kier alpha value is 0.821. The Balaban J connectivity index is 0. The number of halogens is 1. The fourth-order valence-corrected chi connectivity index (χ4v) is 0. The second-order valence-electron chi connectivity index (χ2n) is 0.0833. The number of hydrogen-bond acceptors (Lipinski definition) is 2. The quantitative estimate of drug-likeness (QED) is 0.450. The molecule has 0 spiro atoms. The third-order valence-electron chi connectivity index (χ3n) is 0. The third kappa shape index (κ3) is 56.9.